The van der Waals surface area contributed by atoms with Crippen molar-refractivity contribution in [1.82, 2.24) is 4.98 Å². The Kier molecular flexibility index (Phi) is 6.18. The molecule has 1 heterocycles. The first-order valence-corrected chi connectivity index (χ1v) is 7.57. The van der Waals surface area contributed by atoms with Crippen LogP contribution in [0.15, 0.2) is 48.8 Å². The first-order valence-electron chi connectivity index (χ1n) is 7.19. The SMILES string of the molecule is CC(N)C(OCCCc1ccncc1)c1ccccc1Cl. The van der Waals surface area contributed by atoms with Crippen molar-refractivity contribution in [3.05, 3.63) is 64.9 Å². The van der Waals surface area contributed by atoms with Gasteiger partial charge < -0.3 is 10.5 Å². The van der Waals surface area contributed by atoms with E-state index in [0.717, 1.165) is 18.4 Å². The van der Waals surface area contributed by atoms with Crippen LogP contribution in [0.2, 0.25) is 5.02 Å². The van der Waals surface area contributed by atoms with Crippen LogP contribution in [0.1, 0.15) is 30.6 Å². The molecular weight excluding hydrogens is 284 g/mol. The third-order valence-electron chi connectivity index (χ3n) is 3.35. The summed E-state index contributed by atoms with van der Waals surface area (Å²) in [5.74, 6) is 0. The topological polar surface area (TPSA) is 48.1 Å². The second kappa shape index (κ2) is 8.13. The van der Waals surface area contributed by atoms with Crippen molar-refractivity contribution in [2.45, 2.75) is 31.9 Å². The van der Waals surface area contributed by atoms with Crippen molar-refractivity contribution in [3.63, 3.8) is 0 Å². The van der Waals surface area contributed by atoms with E-state index in [-0.39, 0.29) is 12.1 Å². The molecule has 0 saturated heterocycles. The molecule has 0 amide bonds. The lowest BCUT2D eigenvalue weighted by Crippen LogP contribution is -2.27. The molecule has 4 heteroatoms. The van der Waals surface area contributed by atoms with E-state index in [1.54, 1.807) is 0 Å². The van der Waals surface area contributed by atoms with Gasteiger partial charge in [0.1, 0.15) is 0 Å². The molecule has 0 aliphatic heterocycles. The van der Waals surface area contributed by atoms with Crippen molar-refractivity contribution in [1.29, 1.82) is 0 Å². The molecule has 0 spiro atoms. The van der Waals surface area contributed by atoms with E-state index < -0.39 is 0 Å². The standard InChI is InChI=1S/C17H21ClN2O/c1-13(19)17(15-6-2-3-7-16(15)18)21-12-4-5-14-8-10-20-11-9-14/h2-3,6-11,13,17H,4-5,12,19H2,1H3. The van der Waals surface area contributed by atoms with E-state index in [9.17, 15) is 0 Å². The maximum absolute atomic E-state index is 6.23. The van der Waals surface area contributed by atoms with Crippen LogP contribution in [-0.2, 0) is 11.2 Å². The molecule has 1 aromatic carbocycles. The Morgan fingerprint density at radius 1 is 1.19 bits per heavy atom. The highest BCUT2D eigenvalue weighted by atomic mass is 35.5. The predicted octanol–water partition coefficient (Wildman–Crippen LogP) is 3.77. The van der Waals surface area contributed by atoms with Crippen LogP contribution in [0.3, 0.4) is 0 Å². The van der Waals surface area contributed by atoms with Gasteiger partial charge in [-0.2, -0.15) is 0 Å². The summed E-state index contributed by atoms with van der Waals surface area (Å²) >= 11 is 6.23. The molecule has 2 rings (SSSR count). The molecule has 2 unspecified atom stereocenters. The Balaban J connectivity index is 1.88. The molecule has 2 atom stereocenters. The largest absolute Gasteiger partial charge is 0.372 e. The van der Waals surface area contributed by atoms with E-state index >= 15 is 0 Å². The molecule has 0 saturated carbocycles. The van der Waals surface area contributed by atoms with Gasteiger partial charge in [-0.3, -0.25) is 4.98 Å². The normalized spacial score (nSPS) is 13.9. The van der Waals surface area contributed by atoms with E-state index in [4.69, 9.17) is 22.1 Å². The number of aryl methyl sites for hydroxylation is 1. The summed E-state index contributed by atoms with van der Waals surface area (Å²) in [6.07, 6.45) is 5.36. The van der Waals surface area contributed by atoms with Gasteiger partial charge in [0.2, 0.25) is 0 Å². The van der Waals surface area contributed by atoms with Crippen LogP contribution >= 0.6 is 11.6 Å². The van der Waals surface area contributed by atoms with Crippen LogP contribution in [0.25, 0.3) is 0 Å². The summed E-state index contributed by atoms with van der Waals surface area (Å²) < 4.78 is 5.97. The van der Waals surface area contributed by atoms with E-state index in [0.29, 0.717) is 11.6 Å². The highest BCUT2D eigenvalue weighted by molar-refractivity contribution is 6.31. The molecular formula is C17H21ClN2O. The first kappa shape index (κ1) is 16.0. The number of hydrogen-bond acceptors (Lipinski definition) is 3. The smallest absolute Gasteiger partial charge is 0.0987 e. The van der Waals surface area contributed by atoms with Crippen LogP contribution < -0.4 is 5.73 Å². The third-order valence-corrected chi connectivity index (χ3v) is 3.69. The van der Waals surface area contributed by atoms with Crippen molar-refractivity contribution >= 4 is 11.6 Å². The zero-order valence-electron chi connectivity index (χ0n) is 12.2. The summed E-state index contributed by atoms with van der Waals surface area (Å²) in [6.45, 7) is 2.59. The van der Waals surface area contributed by atoms with Gasteiger partial charge >= 0.3 is 0 Å². The summed E-state index contributed by atoms with van der Waals surface area (Å²) in [5.41, 5.74) is 8.26. The number of aromatic nitrogens is 1. The van der Waals surface area contributed by atoms with E-state index in [1.165, 1.54) is 5.56 Å². The van der Waals surface area contributed by atoms with Crippen molar-refractivity contribution < 1.29 is 4.74 Å². The lowest BCUT2D eigenvalue weighted by Gasteiger charge is -2.23. The summed E-state index contributed by atoms with van der Waals surface area (Å²) in [7, 11) is 0. The number of pyridine rings is 1. The van der Waals surface area contributed by atoms with Gasteiger partial charge in [0.25, 0.3) is 0 Å². The van der Waals surface area contributed by atoms with Gasteiger partial charge in [-0.05, 0) is 43.5 Å². The average Bonchev–Trinajstić information content (AvgIpc) is 2.49. The molecule has 112 valence electrons. The molecule has 0 aliphatic rings. The molecule has 0 radical (unpaired) electrons. The number of ether oxygens (including phenoxy) is 1. The lowest BCUT2D eigenvalue weighted by atomic mass is 10.0. The Hall–Kier alpha value is -1.42. The van der Waals surface area contributed by atoms with Crippen LogP contribution in [0.5, 0.6) is 0 Å². The number of benzene rings is 1. The fourth-order valence-corrected chi connectivity index (χ4v) is 2.51. The Morgan fingerprint density at radius 3 is 2.57 bits per heavy atom. The number of nitrogens with zero attached hydrogens (tertiary/aromatic N) is 1. The Labute approximate surface area is 131 Å². The monoisotopic (exact) mass is 304 g/mol. The number of halogens is 1. The maximum atomic E-state index is 6.23. The zero-order valence-corrected chi connectivity index (χ0v) is 13.0. The molecule has 1 aromatic heterocycles. The third kappa shape index (κ3) is 4.81. The number of rotatable bonds is 7. The van der Waals surface area contributed by atoms with E-state index in [2.05, 4.69) is 4.98 Å². The molecule has 0 fully saturated rings. The number of nitrogens with two attached hydrogens (primary N) is 1. The minimum atomic E-state index is -0.170. The minimum absolute atomic E-state index is 0.106. The van der Waals surface area contributed by atoms with Gasteiger partial charge in [-0.1, -0.05) is 29.8 Å². The van der Waals surface area contributed by atoms with Crippen LogP contribution in [0.4, 0.5) is 0 Å². The second-order valence-corrected chi connectivity index (χ2v) is 5.54. The van der Waals surface area contributed by atoms with Crippen LogP contribution in [0, 0.1) is 0 Å². The maximum Gasteiger partial charge on any atom is 0.0987 e. The molecule has 3 nitrogen and oxygen atoms in total. The average molecular weight is 305 g/mol. The van der Waals surface area contributed by atoms with E-state index in [1.807, 2.05) is 55.7 Å². The molecule has 21 heavy (non-hydrogen) atoms. The fourth-order valence-electron chi connectivity index (χ4n) is 2.27. The first-order chi connectivity index (χ1) is 10.2. The van der Waals surface area contributed by atoms with Gasteiger partial charge in [0, 0.05) is 35.6 Å². The lowest BCUT2D eigenvalue weighted by molar-refractivity contribution is 0.0370. The molecule has 0 aliphatic carbocycles. The predicted molar refractivity (Wildman–Crippen MR) is 86.4 cm³/mol. The molecule has 0 bridgehead atoms. The quantitative estimate of drug-likeness (QED) is 0.792. The molecule has 2 aromatic rings. The van der Waals surface area contributed by atoms with Crippen molar-refractivity contribution in [2.75, 3.05) is 6.61 Å². The zero-order chi connectivity index (χ0) is 15.1. The van der Waals surface area contributed by atoms with Gasteiger partial charge in [-0.25, -0.2) is 0 Å². The minimum Gasteiger partial charge on any atom is -0.372 e. The molecule has 2 N–H and O–H groups in total. The second-order valence-electron chi connectivity index (χ2n) is 5.13. The summed E-state index contributed by atoms with van der Waals surface area (Å²) in [6, 6.07) is 11.6. The van der Waals surface area contributed by atoms with Gasteiger partial charge in [0.05, 0.1) is 6.10 Å². The fraction of sp³-hybridized carbons (Fsp3) is 0.353. The Morgan fingerprint density at radius 2 is 1.90 bits per heavy atom. The highest BCUT2D eigenvalue weighted by Crippen LogP contribution is 2.27. The summed E-state index contributed by atoms with van der Waals surface area (Å²) in [4.78, 5) is 4.01. The van der Waals surface area contributed by atoms with Gasteiger partial charge in [0.15, 0.2) is 0 Å². The van der Waals surface area contributed by atoms with Gasteiger partial charge in [-0.15, -0.1) is 0 Å². The number of hydrogen-bond donors (Lipinski definition) is 1. The van der Waals surface area contributed by atoms with Crippen molar-refractivity contribution in [2.24, 2.45) is 5.73 Å². The highest BCUT2D eigenvalue weighted by Gasteiger charge is 2.19. The van der Waals surface area contributed by atoms with Crippen LogP contribution in [-0.4, -0.2) is 17.6 Å². The summed E-state index contributed by atoms with van der Waals surface area (Å²) in [5, 5.41) is 0.703. The Bertz CT molecular complexity index is 545. The van der Waals surface area contributed by atoms with Crippen molar-refractivity contribution in [3.8, 4) is 0 Å².